The van der Waals surface area contributed by atoms with Gasteiger partial charge in [-0.25, -0.2) is 4.79 Å². The van der Waals surface area contributed by atoms with Crippen LogP contribution in [0.25, 0.3) is 11.1 Å². The first-order chi connectivity index (χ1) is 15.6. The number of esters is 1. The van der Waals surface area contributed by atoms with Crippen LogP contribution in [-0.2, 0) is 9.53 Å². The van der Waals surface area contributed by atoms with Crippen LogP contribution in [0, 0.1) is 0 Å². The number of ether oxygens (including phenoxy) is 2. The molecule has 1 saturated heterocycles. The van der Waals surface area contributed by atoms with Gasteiger partial charge in [0, 0.05) is 5.02 Å². The molecule has 0 aliphatic carbocycles. The highest BCUT2D eigenvalue weighted by atomic mass is 35.5. The van der Waals surface area contributed by atoms with Crippen LogP contribution in [0.2, 0.25) is 5.02 Å². The fourth-order valence-electron chi connectivity index (χ4n) is 4.42. The third-order valence-corrected chi connectivity index (χ3v) is 6.25. The van der Waals surface area contributed by atoms with Crippen molar-refractivity contribution in [2.75, 3.05) is 14.2 Å². The predicted molar refractivity (Wildman–Crippen MR) is 124 cm³/mol. The van der Waals surface area contributed by atoms with Gasteiger partial charge in [-0.15, -0.1) is 0 Å². The van der Waals surface area contributed by atoms with E-state index in [1.165, 1.54) is 14.2 Å². The fraction of sp³-hybridized carbons (Fsp3) is 0.231. The first-order valence-electron chi connectivity index (χ1n) is 10.4. The summed E-state index contributed by atoms with van der Waals surface area (Å²) in [6.45, 7) is 0. The topological polar surface area (TPSA) is 55.8 Å². The van der Waals surface area contributed by atoms with E-state index in [0.717, 1.165) is 16.7 Å². The fourth-order valence-corrected chi connectivity index (χ4v) is 4.68. The molecule has 1 aliphatic rings. The molecule has 32 heavy (non-hydrogen) atoms. The molecule has 0 saturated carbocycles. The van der Waals surface area contributed by atoms with Crippen LogP contribution in [0.4, 0.5) is 0 Å². The Morgan fingerprint density at radius 1 is 0.906 bits per heavy atom. The van der Waals surface area contributed by atoms with Crippen molar-refractivity contribution in [3.05, 3.63) is 88.9 Å². The Labute approximate surface area is 192 Å². The Hall–Kier alpha value is -3.31. The van der Waals surface area contributed by atoms with E-state index in [-0.39, 0.29) is 11.9 Å². The normalized spacial score (nSPS) is 17.8. The minimum Gasteiger partial charge on any atom is -0.496 e. The van der Waals surface area contributed by atoms with Gasteiger partial charge in [-0.3, -0.25) is 4.79 Å². The Balaban J connectivity index is 1.87. The maximum absolute atomic E-state index is 14.1. The second-order valence-electron chi connectivity index (χ2n) is 7.61. The van der Waals surface area contributed by atoms with Crippen LogP contribution in [0.1, 0.15) is 34.8 Å². The third-order valence-electron chi connectivity index (χ3n) is 5.90. The summed E-state index contributed by atoms with van der Waals surface area (Å²) in [6, 6.07) is 21.5. The molecule has 0 bridgehead atoms. The molecule has 6 heteroatoms. The number of nitrogens with zero attached hydrogens (tertiary/aromatic N) is 1. The van der Waals surface area contributed by atoms with Crippen LogP contribution in [0.15, 0.2) is 72.8 Å². The highest BCUT2D eigenvalue weighted by molar-refractivity contribution is 6.31. The van der Waals surface area contributed by atoms with E-state index in [0.29, 0.717) is 29.2 Å². The number of carbonyl (C=O) groups is 2. The van der Waals surface area contributed by atoms with Gasteiger partial charge in [0.05, 0.1) is 25.8 Å². The zero-order valence-corrected chi connectivity index (χ0v) is 18.7. The average Bonchev–Trinajstić information content (AvgIpc) is 3.28. The number of likely N-dealkylation sites (tertiary alicyclic amines) is 1. The highest BCUT2D eigenvalue weighted by Gasteiger charge is 2.44. The van der Waals surface area contributed by atoms with Crippen molar-refractivity contribution in [1.82, 2.24) is 4.90 Å². The lowest BCUT2D eigenvalue weighted by atomic mass is 9.96. The number of rotatable bonds is 5. The molecular weight excluding hydrogens is 426 g/mol. The Kier molecular flexibility index (Phi) is 6.47. The van der Waals surface area contributed by atoms with Gasteiger partial charge in [0.15, 0.2) is 0 Å². The van der Waals surface area contributed by atoms with Gasteiger partial charge in [0.25, 0.3) is 5.91 Å². The summed E-state index contributed by atoms with van der Waals surface area (Å²) in [4.78, 5) is 28.4. The molecule has 0 aromatic heterocycles. The first kappa shape index (κ1) is 21.9. The average molecular weight is 450 g/mol. The van der Waals surface area contributed by atoms with Crippen LogP contribution >= 0.6 is 11.6 Å². The van der Waals surface area contributed by atoms with Gasteiger partial charge >= 0.3 is 5.97 Å². The van der Waals surface area contributed by atoms with E-state index >= 15 is 0 Å². The van der Waals surface area contributed by atoms with E-state index in [9.17, 15) is 9.59 Å². The summed E-state index contributed by atoms with van der Waals surface area (Å²) in [6.07, 6.45) is 1.09. The minimum atomic E-state index is -0.706. The Morgan fingerprint density at radius 3 is 2.31 bits per heavy atom. The summed E-state index contributed by atoms with van der Waals surface area (Å²) in [7, 11) is 2.88. The molecule has 2 unspecified atom stereocenters. The minimum absolute atomic E-state index is 0.292. The number of halogens is 1. The number of amides is 1. The molecular formula is C26H24ClNO4. The molecule has 5 nitrogen and oxygen atoms in total. The lowest BCUT2D eigenvalue weighted by Gasteiger charge is -2.31. The third kappa shape index (κ3) is 3.96. The van der Waals surface area contributed by atoms with Crippen molar-refractivity contribution in [3.8, 4) is 16.9 Å². The van der Waals surface area contributed by atoms with Crippen LogP contribution in [0.5, 0.6) is 5.75 Å². The van der Waals surface area contributed by atoms with E-state index in [1.54, 1.807) is 17.0 Å². The second kappa shape index (κ2) is 9.45. The molecule has 3 aromatic rings. The van der Waals surface area contributed by atoms with E-state index in [2.05, 4.69) is 0 Å². The molecule has 0 spiro atoms. The molecule has 1 aliphatic heterocycles. The zero-order chi connectivity index (χ0) is 22.7. The van der Waals surface area contributed by atoms with Gasteiger partial charge in [0.1, 0.15) is 11.8 Å². The summed E-state index contributed by atoms with van der Waals surface area (Å²) in [5, 5.41) is 0.559. The largest absolute Gasteiger partial charge is 0.496 e. The predicted octanol–water partition coefficient (Wildman–Crippen LogP) is 5.53. The summed E-state index contributed by atoms with van der Waals surface area (Å²) < 4.78 is 10.6. The maximum Gasteiger partial charge on any atom is 0.328 e. The molecule has 2 atom stereocenters. The molecule has 3 aromatic carbocycles. The highest BCUT2D eigenvalue weighted by Crippen LogP contribution is 2.42. The van der Waals surface area contributed by atoms with Crippen molar-refractivity contribution in [2.45, 2.75) is 24.9 Å². The van der Waals surface area contributed by atoms with Gasteiger partial charge in [-0.2, -0.15) is 0 Å². The summed E-state index contributed by atoms with van der Waals surface area (Å²) in [5.41, 5.74) is 2.85. The number of benzene rings is 3. The van der Waals surface area contributed by atoms with Crippen molar-refractivity contribution >= 4 is 23.5 Å². The molecule has 4 rings (SSSR count). The van der Waals surface area contributed by atoms with Crippen molar-refractivity contribution in [1.29, 1.82) is 0 Å². The van der Waals surface area contributed by atoms with Gasteiger partial charge < -0.3 is 14.4 Å². The molecule has 1 amide bonds. The number of hydrogen-bond acceptors (Lipinski definition) is 4. The van der Waals surface area contributed by atoms with E-state index in [1.807, 2.05) is 60.7 Å². The first-order valence-corrected chi connectivity index (χ1v) is 10.8. The Morgan fingerprint density at radius 2 is 1.62 bits per heavy atom. The SMILES string of the molecule is COC(=O)C1CCC(c2ccccc2Cl)N1C(=O)c1c(OC)cccc1-c1ccccc1. The van der Waals surface area contributed by atoms with Crippen LogP contribution in [-0.4, -0.2) is 37.0 Å². The van der Waals surface area contributed by atoms with Crippen molar-refractivity contribution in [2.24, 2.45) is 0 Å². The second-order valence-corrected chi connectivity index (χ2v) is 8.02. The lowest BCUT2D eigenvalue weighted by molar-refractivity contribution is -0.145. The Bertz CT molecular complexity index is 1130. The van der Waals surface area contributed by atoms with Crippen molar-refractivity contribution in [3.63, 3.8) is 0 Å². The van der Waals surface area contributed by atoms with Crippen LogP contribution in [0.3, 0.4) is 0 Å². The maximum atomic E-state index is 14.1. The summed E-state index contributed by atoms with van der Waals surface area (Å²) >= 11 is 6.49. The van der Waals surface area contributed by atoms with E-state index in [4.69, 9.17) is 21.1 Å². The molecule has 0 N–H and O–H groups in total. The van der Waals surface area contributed by atoms with Gasteiger partial charge in [-0.1, -0.05) is 72.3 Å². The molecule has 1 fully saturated rings. The number of carbonyl (C=O) groups excluding carboxylic acids is 2. The lowest BCUT2D eigenvalue weighted by Crippen LogP contribution is -2.42. The zero-order valence-electron chi connectivity index (χ0n) is 18.0. The summed E-state index contributed by atoms with van der Waals surface area (Å²) in [5.74, 6) is -0.284. The van der Waals surface area contributed by atoms with Crippen LogP contribution < -0.4 is 4.74 Å². The molecule has 1 heterocycles. The number of hydrogen-bond donors (Lipinski definition) is 0. The smallest absolute Gasteiger partial charge is 0.328 e. The van der Waals surface area contributed by atoms with Crippen molar-refractivity contribution < 1.29 is 19.1 Å². The van der Waals surface area contributed by atoms with E-state index < -0.39 is 12.0 Å². The molecule has 164 valence electrons. The monoisotopic (exact) mass is 449 g/mol. The number of methoxy groups -OCH3 is 2. The van der Waals surface area contributed by atoms with Gasteiger partial charge in [-0.05, 0) is 41.7 Å². The van der Waals surface area contributed by atoms with Gasteiger partial charge in [0.2, 0.25) is 0 Å². The standard InChI is InChI=1S/C26H24ClNO4/c1-31-23-14-8-12-18(17-9-4-3-5-10-17)24(23)25(29)28-21(15-16-22(28)26(30)32-2)19-11-6-7-13-20(19)27/h3-14,21-22H,15-16H2,1-2H3. The quantitative estimate of drug-likeness (QED) is 0.480. The molecule has 0 radical (unpaired) electrons.